The van der Waals surface area contributed by atoms with Crippen LogP contribution in [0.25, 0.3) is 0 Å². The van der Waals surface area contributed by atoms with Gasteiger partial charge in [-0.2, -0.15) is 13.2 Å². The van der Waals surface area contributed by atoms with Gasteiger partial charge in [-0.25, -0.2) is 14.4 Å². The van der Waals surface area contributed by atoms with Crippen molar-refractivity contribution in [1.29, 1.82) is 0 Å². The summed E-state index contributed by atoms with van der Waals surface area (Å²) in [5, 5.41) is 9.98. The summed E-state index contributed by atoms with van der Waals surface area (Å²) in [6.07, 6.45) is -3.83. The van der Waals surface area contributed by atoms with Crippen LogP contribution in [-0.4, -0.2) is 136 Å². The molecule has 18 nitrogen and oxygen atoms in total. The van der Waals surface area contributed by atoms with Gasteiger partial charge in [-0.15, -0.1) is 0 Å². The van der Waals surface area contributed by atoms with Crippen LogP contribution >= 0.6 is 0 Å². The first-order valence-corrected chi connectivity index (χ1v) is 24.0. The van der Waals surface area contributed by atoms with Gasteiger partial charge in [0.05, 0.1) is 27.1 Å². The Morgan fingerprint density at radius 3 is 1.42 bits per heavy atom. The summed E-state index contributed by atoms with van der Waals surface area (Å²) in [6.45, 7) is 19.8. The van der Waals surface area contributed by atoms with Gasteiger partial charge in [0, 0.05) is 79.8 Å². The smallest absolute Gasteiger partial charge is 0.490 e. The van der Waals surface area contributed by atoms with Crippen molar-refractivity contribution in [2.75, 3.05) is 60.5 Å². The zero-order valence-corrected chi connectivity index (χ0v) is 45.1. The highest BCUT2D eigenvalue weighted by atomic mass is 19.4. The van der Waals surface area contributed by atoms with Crippen LogP contribution < -0.4 is 20.5 Å². The number of likely N-dealkylation sites (tertiary alicyclic amines) is 2. The van der Waals surface area contributed by atoms with Crippen LogP contribution in [0.15, 0.2) is 24.3 Å². The lowest BCUT2D eigenvalue weighted by molar-refractivity contribution is -0.192. The summed E-state index contributed by atoms with van der Waals surface area (Å²) >= 11 is 0. The maximum atomic E-state index is 12.9. The van der Waals surface area contributed by atoms with Crippen molar-refractivity contribution in [2.24, 2.45) is 17.6 Å². The van der Waals surface area contributed by atoms with Gasteiger partial charge in [0.25, 0.3) is 0 Å². The molecule has 73 heavy (non-hydrogen) atoms. The number of ketones is 2. The monoisotopic (exact) mass is 1050 g/mol. The van der Waals surface area contributed by atoms with E-state index in [9.17, 15) is 41.9 Å². The molecule has 4 unspecified atom stereocenters. The van der Waals surface area contributed by atoms with E-state index in [1.807, 2.05) is 53.7 Å². The predicted octanol–water partition coefficient (Wildman–Crippen LogP) is 9.53. The fourth-order valence-corrected chi connectivity index (χ4v) is 7.27. The number of benzene rings is 2. The number of nitrogens with two attached hydrogens (primary N) is 1. The fourth-order valence-electron chi connectivity index (χ4n) is 7.27. The van der Waals surface area contributed by atoms with Crippen molar-refractivity contribution in [3.8, 4) is 11.5 Å². The average Bonchev–Trinajstić information content (AvgIpc) is 3.36. The van der Waals surface area contributed by atoms with Crippen LogP contribution in [0, 0.1) is 39.5 Å². The van der Waals surface area contributed by atoms with Gasteiger partial charge < -0.3 is 54.4 Å². The van der Waals surface area contributed by atoms with E-state index in [1.54, 1.807) is 50.1 Å². The van der Waals surface area contributed by atoms with Gasteiger partial charge in [0.2, 0.25) is 12.6 Å². The molecule has 0 aromatic heterocycles. The highest BCUT2D eigenvalue weighted by Gasteiger charge is 2.38. The second-order valence-electron chi connectivity index (χ2n) is 16.5. The number of carbonyl (C=O) groups excluding carboxylic acids is 6. The van der Waals surface area contributed by atoms with Gasteiger partial charge in [-0.1, -0.05) is 35.1 Å². The molecular weight excluding hydrogens is 962 g/mol. The summed E-state index contributed by atoms with van der Waals surface area (Å²) in [4.78, 5) is 85.7. The molecule has 2 aromatic carbocycles. The Balaban J connectivity index is 0. The Bertz CT molecular complexity index is 2080. The molecule has 4 rings (SSSR count). The first kappa shape index (κ1) is 65.1. The SMILES string of the molecule is CC.CNCCC(=O)OC(C)OC(=O)N1CCCC(CC(=O)c2cc(C)c(C)c(OC)c2)C1.COc1cc(C(=O)CC2CCCN(C(=O)OC(C)OC(=O)CCN)C2)cc(C)c1C.O=C(O)C(F)(F)F.[2H]CC.[3H]C. The summed E-state index contributed by atoms with van der Waals surface area (Å²) in [6, 6.07) is 7.33. The minimum Gasteiger partial charge on any atom is -0.496 e. The number of Topliss-reactive ketones (excluding diaryl/α,β-unsaturated/α-hetero) is 2. The number of rotatable bonds is 17. The number of carbonyl (C=O) groups is 7. The number of alkyl halides is 3. The van der Waals surface area contributed by atoms with Crippen molar-refractivity contribution in [2.45, 2.75) is 147 Å². The minimum atomic E-state index is -5.08. The van der Waals surface area contributed by atoms with Crippen molar-refractivity contribution in [3.63, 3.8) is 0 Å². The molecule has 2 heterocycles. The van der Waals surface area contributed by atoms with Gasteiger partial charge in [-0.05, 0) is 119 Å². The lowest BCUT2D eigenvalue weighted by Gasteiger charge is -2.32. The van der Waals surface area contributed by atoms with Crippen molar-refractivity contribution >= 4 is 41.7 Å². The number of carboxylic acids is 1. The van der Waals surface area contributed by atoms with E-state index in [1.165, 1.54) is 21.3 Å². The van der Waals surface area contributed by atoms with Crippen molar-refractivity contribution < 1.29 is 83.0 Å². The Kier molecular flexibility index (Phi) is 32.1. The van der Waals surface area contributed by atoms with Crippen LogP contribution in [0.3, 0.4) is 0 Å². The summed E-state index contributed by atoms with van der Waals surface area (Å²) in [5.41, 5.74) is 10.6. The van der Waals surface area contributed by atoms with Crippen LogP contribution in [0.1, 0.15) is 146 Å². The molecule has 2 saturated heterocycles. The lowest BCUT2D eigenvalue weighted by Crippen LogP contribution is -2.42. The van der Waals surface area contributed by atoms with Crippen LogP contribution in [0.2, 0.25) is 0 Å². The topological polar surface area (TPSA) is 240 Å². The van der Waals surface area contributed by atoms with Gasteiger partial charge in [0.1, 0.15) is 11.5 Å². The number of aryl methyl sites for hydroxylation is 2. The number of nitrogens with zero attached hydrogens (tertiary/aromatic N) is 2. The zero-order valence-electron chi connectivity index (χ0n) is 47.1. The Hall–Kier alpha value is -5.96. The van der Waals surface area contributed by atoms with E-state index in [2.05, 4.69) is 5.32 Å². The number of piperidine rings is 2. The number of methoxy groups -OCH3 is 2. The molecule has 0 saturated carbocycles. The molecule has 0 spiro atoms. The van der Waals surface area contributed by atoms with E-state index in [0.717, 1.165) is 47.9 Å². The Morgan fingerprint density at radius 1 is 0.753 bits per heavy atom. The quantitative estimate of drug-likeness (QED) is 0.0759. The number of hydrogen-bond donors (Lipinski definition) is 3. The zero-order chi connectivity index (χ0) is 58.0. The molecule has 2 aliphatic rings. The van der Waals surface area contributed by atoms with Crippen LogP contribution in [-0.2, 0) is 33.3 Å². The number of ether oxygens (including phenoxy) is 6. The van der Waals surface area contributed by atoms with Gasteiger partial charge in [0.15, 0.2) is 11.6 Å². The van der Waals surface area contributed by atoms with Gasteiger partial charge >= 0.3 is 36.3 Å². The third-order valence-corrected chi connectivity index (χ3v) is 11.1. The second kappa shape index (κ2) is 36.0. The molecule has 0 aliphatic carbocycles. The number of halogens is 3. The number of amides is 2. The van der Waals surface area contributed by atoms with Crippen LogP contribution in [0.4, 0.5) is 22.8 Å². The summed E-state index contributed by atoms with van der Waals surface area (Å²) in [5.74, 6) is -2.14. The van der Waals surface area contributed by atoms with E-state index in [4.69, 9.17) is 46.8 Å². The largest absolute Gasteiger partial charge is 0.496 e. The van der Waals surface area contributed by atoms with E-state index < -0.39 is 48.9 Å². The standard InChI is InChI=1S/C23H34N2O6.C22H32N2O6.C2HF3O2.2C2H6.CH4/c1-15-11-19(13-21(29-5)16(15)2)20(26)12-18-7-6-10-25(14-18)23(28)31-17(3)30-22(27)8-9-24-4;1-14-10-18(12-20(28-4)15(14)2)19(25)11-17-6-5-9-24(13-17)22(27)30-16(3)29-21(26)7-8-23;3-2(4,5)1(6)7;2*1-2;/h11,13,17-18,24H,6-10,12,14H2,1-5H3;10,12,16-17H,5-9,11,13,23H2,1-4H3;(H,6,7);2*1-2H3;1H4/i;;;1D;;1T. The Morgan fingerprint density at radius 2 is 1.11 bits per heavy atom. The van der Waals surface area contributed by atoms with Gasteiger partial charge in [-0.3, -0.25) is 19.2 Å². The molecular formula is C52H83F3N4O14. The molecule has 2 aliphatic heterocycles. The molecule has 416 valence electrons. The lowest BCUT2D eigenvalue weighted by atomic mass is 9.90. The van der Waals surface area contributed by atoms with Crippen molar-refractivity contribution in [1.82, 2.24) is 15.1 Å². The molecule has 0 radical (unpaired) electrons. The molecule has 0 bridgehead atoms. The summed E-state index contributed by atoms with van der Waals surface area (Å²) < 4.78 is 75.0. The second-order valence-corrected chi connectivity index (χ2v) is 16.5. The van der Waals surface area contributed by atoms with Crippen molar-refractivity contribution in [3.05, 3.63) is 57.6 Å². The first-order chi connectivity index (χ1) is 35.3. The number of aliphatic carboxylic acids is 1. The third kappa shape index (κ3) is 25.5. The number of hydrogen-bond acceptors (Lipinski definition) is 15. The fraction of sp³-hybridized carbons (Fsp3) is 0.635. The van der Waals surface area contributed by atoms with E-state index in [0.29, 0.717) is 75.1 Å². The van der Waals surface area contributed by atoms with E-state index in [-0.39, 0.29) is 42.8 Å². The average molecular weight is 1050 g/mol. The maximum Gasteiger partial charge on any atom is 0.490 e. The highest BCUT2D eigenvalue weighted by Crippen LogP contribution is 2.29. The molecule has 4 N–H and O–H groups in total. The molecule has 2 amide bonds. The minimum absolute atomic E-state index is 0.0284. The number of nitrogens with one attached hydrogen (secondary N) is 1. The summed E-state index contributed by atoms with van der Waals surface area (Å²) in [7, 11) is 6.18. The molecule has 4 atom stereocenters. The number of esters is 2. The number of carboxylic acid groups (broad SMARTS) is 1. The first-order valence-electron chi connectivity index (χ1n) is 25.7. The van der Waals surface area contributed by atoms with Crippen LogP contribution in [0.5, 0.6) is 11.5 Å². The highest BCUT2D eigenvalue weighted by molar-refractivity contribution is 5.97. The predicted molar refractivity (Wildman–Crippen MR) is 271 cm³/mol. The maximum absolute atomic E-state index is 12.9. The third-order valence-electron chi connectivity index (χ3n) is 11.1. The Labute approximate surface area is 432 Å². The molecule has 2 fully saturated rings. The van der Waals surface area contributed by atoms with E-state index >= 15 is 0 Å². The molecule has 21 heteroatoms. The normalized spacial score (nSPS) is 15.8. The molecule has 2 aromatic rings.